The van der Waals surface area contributed by atoms with Crippen LogP contribution in [0.25, 0.3) is 0 Å². The first-order valence-electron chi connectivity index (χ1n) is 3.69. The number of nitrogens with one attached hydrogen (secondary N) is 1. The summed E-state index contributed by atoms with van der Waals surface area (Å²) in [6.07, 6.45) is 0. The minimum Gasteiger partial charge on any atom is -0.384 e. The Hall–Kier alpha value is -0.500. The van der Waals surface area contributed by atoms with Gasteiger partial charge in [0.15, 0.2) is 0 Å². The van der Waals surface area contributed by atoms with E-state index in [-0.39, 0.29) is 0 Å². The van der Waals surface area contributed by atoms with E-state index >= 15 is 0 Å². The number of rotatable bonds is 3. The van der Waals surface area contributed by atoms with Crippen LogP contribution >= 0.6 is 15.9 Å². The molecule has 0 aromatic heterocycles. The summed E-state index contributed by atoms with van der Waals surface area (Å²) in [6.45, 7) is 0.892. The Morgan fingerprint density at radius 2 is 2.40 bits per heavy atom. The molecule has 1 nitrogen and oxygen atoms in total. The molecule has 0 heterocycles. The van der Waals surface area contributed by atoms with Crippen LogP contribution in [-0.4, -0.2) is 11.9 Å². The van der Waals surface area contributed by atoms with E-state index < -0.39 is 0 Å². The summed E-state index contributed by atoms with van der Waals surface area (Å²) in [6, 6.07) is 7.95. The zero-order valence-corrected chi connectivity index (χ0v) is 7.19. The Morgan fingerprint density at radius 3 is 3.10 bits per heavy atom. The predicted octanol–water partition coefficient (Wildman–Crippen LogP) is 2.49. The summed E-state index contributed by atoms with van der Waals surface area (Å²) in [7, 11) is 0. The van der Waals surface area contributed by atoms with Gasteiger partial charge in [-0.3, -0.25) is 0 Å². The van der Waals surface area contributed by atoms with E-state index in [1.54, 1.807) is 6.07 Å². The Kier molecular flexibility index (Phi) is 2.70. The predicted molar refractivity (Wildman–Crippen MR) is 48.7 cm³/mol. The lowest BCUT2D eigenvalue weighted by molar-refractivity contribution is 1.24. The monoisotopic (exact) mass is 200 g/mol. The lowest BCUT2D eigenvalue weighted by atomic mass is 10.3. The van der Waals surface area contributed by atoms with Gasteiger partial charge in [-0.15, -0.1) is 0 Å². The molecule has 10 heavy (non-hydrogen) atoms. The van der Waals surface area contributed by atoms with Gasteiger partial charge in [-0.1, -0.05) is 34.1 Å². The van der Waals surface area contributed by atoms with Crippen molar-refractivity contribution in [3.63, 3.8) is 0 Å². The SMILES string of the molecule is [2H]c1cccc(NCCBr)c1. The molecule has 0 saturated carbocycles. The highest BCUT2D eigenvalue weighted by atomic mass is 79.9. The molecule has 0 amide bonds. The molecule has 0 atom stereocenters. The molecule has 1 aromatic carbocycles. The number of alkyl halides is 1. The molecule has 2 heteroatoms. The van der Waals surface area contributed by atoms with Crippen LogP contribution in [0.15, 0.2) is 30.3 Å². The van der Waals surface area contributed by atoms with E-state index in [1.807, 2.05) is 18.2 Å². The number of benzene rings is 1. The minimum atomic E-state index is 0.546. The van der Waals surface area contributed by atoms with Crippen LogP contribution in [-0.2, 0) is 0 Å². The first-order chi connectivity index (χ1) is 5.33. The molecule has 0 aliphatic rings. The second-order valence-corrected chi connectivity index (χ2v) is 2.70. The Balaban J connectivity index is 2.56. The van der Waals surface area contributed by atoms with Crippen molar-refractivity contribution in [3.8, 4) is 0 Å². The summed E-state index contributed by atoms with van der Waals surface area (Å²) in [5.74, 6) is 0. The normalized spacial score (nSPS) is 10.7. The van der Waals surface area contributed by atoms with Crippen LogP contribution < -0.4 is 5.32 Å². The molecule has 0 aliphatic heterocycles. The third kappa shape index (κ3) is 2.40. The van der Waals surface area contributed by atoms with Gasteiger partial charge in [-0.25, -0.2) is 0 Å². The Bertz CT molecular complexity index is 227. The van der Waals surface area contributed by atoms with Gasteiger partial charge in [0, 0.05) is 17.6 Å². The van der Waals surface area contributed by atoms with Gasteiger partial charge in [0.05, 0.1) is 1.37 Å². The Labute approximate surface area is 71.0 Å². The zero-order valence-electron chi connectivity index (χ0n) is 6.60. The molecule has 54 valence electrons. The van der Waals surface area contributed by atoms with Crippen LogP contribution in [0.4, 0.5) is 5.69 Å². The molecule has 1 rings (SSSR count). The first kappa shape index (κ1) is 6.23. The summed E-state index contributed by atoms with van der Waals surface area (Å²) < 4.78 is 7.32. The number of para-hydroxylation sites is 1. The smallest absolute Gasteiger partial charge is 0.0623 e. The fraction of sp³-hybridized carbons (Fsp3) is 0.250. The van der Waals surface area contributed by atoms with Crippen LogP contribution in [0.2, 0.25) is 0 Å². The second kappa shape index (κ2) is 4.34. The van der Waals surface area contributed by atoms with Gasteiger partial charge in [-0.05, 0) is 12.1 Å². The van der Waals surface area contributed by atoms with Crippen LogP contribution in [0.5, 0.6) is 0 Å². The maximum atomic E-state index is 7.32. The van der Waals surface area contributed by atoms with Crippen LogP contribution in [0.3, 0.4) is 0 Å². The van der Waals surface area contributed by atoms with Crippen molar-refractivity contribution in [2.45, 2.75) is 0 Å². The molecule has 0 unspecified atom stereocenters. The fourth-order valence-electron chi connectivity index (χ4n) is 0.695. The van der Waals surface area contributed by atoms with E-state index in [4.69, 9.17) is 1.37 Å². The molecule has 0 saturated heterocycles. The molecular formula is C8H10BrN. The fourth-order valence-corrected chi connectivity index (χ4v) is 0.893. The Morgan fingerprint density at radius 1 is 1.50 bits per heavy atom. The van der Waals surface area contributed by atoms with Crippen molar-refractivity contribution in [1.29, 1.82) is 0 Å². The molecule has 0 bridgehead atoms. The maximum absolute atomic E-state index is 7.32. The average molecular weight is 201 g/mol. The summed E-state index contributed by atoms with van der Waals surface area (Å²) in [4.78, 5) is 0. The number of anilines is 1. The minimum absolute atomic E-state index is 0.546. The van der Waals surface area contributed by atoms with E-state index in [9.17, 15) is 0 Å². The van der Waals surface area contributed by atoms with E-state index in [2.05, 4.69) is 21.2 Å². The summed E-state index contributed by atoms with van der Waals surface area (Å²) >= 11 is 3.32. The number of hydrogen-bond acceptors (Lipinski definition) is 1. The highest BCUT2D eigenvalue weighted by Crippen LogP contribution is 2.03. The van der Waals surface area contributed by atoms with Gasteiger partial charge >= 0.3 is 0 Å². The van der Waals surface area contributed by atoms with Crippen molar-refractivity contribution in [1.82, 2.24) is 0 Å². The van der Waals surface area contributed by atoms with Crippen molar-refractivity contribution in [2.75, 3.05) is 17.2 Å². The quantitative estimate of drug-likeness (QED) is 0.740. The highest BCUT2D eigenvalue weighted by Gasteiger charge is 1.84. The first-order valence-corrected chi connectivity index (χ1v) is 4.31. The zero-order chi connectivity index (χ0) is 8.10. The summed E-state index contributed by atoms with van der Waals surface area (Å²) in [5, 5.41) is 4.09. The molecular weight excluding hydrogens is 190 g/mol. The number of halogens is 1. The molecule has 1 N–H and O–H groups in total. The lowest BCUT2D eigenvalue weighted by Gasteiger charge is -2.01. The molecule has 0 fully saturated rings. The standard InChI is InChI=1S/C8H10BrN/c9-6-7-10-8-4-2-1-3-5-8/h1-5,10H,6-7H2/i2D. The van der Waals surface area contributed by atoms with Gasteiger partial charge in [0.25, 0.3) is 0 Å². The van der Waals surface area contributed by atoms with E-state index in [0.717, 1.165) is 17.6 Å². The van der Waals surface area contributed by atoms with E-state index in [0.29, 0.717) is 6.04 Å². The molecule has 0 radical (unpaired) electrons. The van der Waals surface area contributed by atoms with Gasteiger partial charge in [0.2, 0.25) is 0 Å². The van der Waals surface area contributed by atoms with Gasteiger partial charge < -0.3 is 5.32 Å². The largest absolute Gasteiger partial charge is 0.384 e. The van der Waals surface area contributed by atoms with Crippen molar-refractivity contribution in [2.24, 2.45) is 0 Å². The maximum Gasteiger partial charge on any atom is 0.0623 e. The van der Waals surface area contributed by atoms with Gasteiger partial charge in [0.1, 0.15) is 0 Å². The third-order valence-corrected chi connectivity index (χ3v) is 1.53. The average Bonchev–Trinajstić information content (AvgIpc) is 2.01. The third-order valence-electron chi connectivity index (χ3n) is 1.13. The number of hydrogen-bond donors (Lipinski definition) is 1. The van der Waals surface area contributed by atoms with Gasteiger partial charge in [-0.2, -0.15) is 0 Å². The highest BCUT2D eigenvalue weighted by molar-refractivity contribution is 9.09. The molecule has 1 aromatic rings. The molecule has 0 spiro atoms. The van der Waals surface area contributed by atoms with Crippen LogP contribution in [0, 0.1) is 0 Å². The topological polar surface area (TPSA) is 12.0 Å². The van der Waals surface area contributed by atoms with Crippen molar-refractivity contribution < 1.29 is 1.37 Å². The van der Waals surface area contributed by atoms with Crippen LogP contribution in [0.1, 0.15) is 1.37 Å². The lowest BCUT2D eigenvalue weighted by Crippen LogP contribution is -2.00. The second-order valence-electron chi connectivity index (χ2n) is 1.91. The van der Waals surface area contributed by atoms with Crippen molar-refractivity contribution >= 4 is 21.6 Å². The van der Waals surface area contributed by atoms with E-state index in [1.165, 1.54) is 0 Å². The van der Waals surface area contributed by atoms with Crippen molar-refractivity contribution in [3.05, 3.63) is 30.3 Å². The molecule has 0 aliphatic carbocycles. The summed E-state index contributed by atoms with van der Waals surface area (Å²) in [5.41, 5.74) is 1.01.